The monoisotopic (exact) mass is 334 g/mol. The molecule has 1 saturated carbocycles. The van der Waals surface area contributed by atoms with Crippen molar-refractivity contribution in [2.75, 3.05) is 29.9 Å². The molecule has 0 bridgehead atoms. The van der Waals surface area contributed by atoms with Gasteiger partial charge in [0.15, 0.2) is 0 Å². The zero-order chi connectivity index (χ0) is 16.7. The van der Waals surface area contributed by atoms with Gasteiger partial charge in [-0.05, 0) is 44.2 Å². The zero-order valence-electron chi connectivity index (χ0n) is 14.0. The predicted molar refractivity (Wildman–Crippen MR) is 96.7 cm³/mol. The molecule has 0 atom stereocenters. The molecule has 1 fully saturated rings. The summed E-state index contributed by atoms with van der Waals surface area (Å²) < 4.78 is 0. The average Bonchev–Trinajstić information content (AvgIpc) is 3.33. The van der Waals surface area contributed by atoms with Crippen molar-refractivity contribution in [3.63, 3.8) is 0 Å². The Labute approximate surface area is 143 Å². The molecule has 5 heteroatoms. The summed E-state index contributed by atoms with van der Waals surface area (Å²) in [6.45, 7) is 5.82. The molecule has 0 radical (unpaired) electrons. The van der Waals surface area contributed by atoms with E-state index in [1.165, 1.54) is 24.6 Å². The van der Waals surface area contributed by atoms with Gasteiger partial charge in [0.25, 0.3) is 0 Å². The maximum Gasteiger partial charge on any atom is 0.234 e. The Bertz CT molecular complexity index is 526. The first kappa shape index (κ1) is 17.9. The minimum Gasteiger partial charge on any atom is -0.342 e. The van der Waals surface area contributed by atoms with Gasteiger partial charge in [-0.1, -0.05) is 24.6 Å². The van der Waals surface area contributed by atoms with Crippen LogP contribution < -0.4 is 5.32 Å². The number of nitrogens with zero attached hydrogens (tertiary/aromatic N) is 1. The molecular weight excluding hydrogens is 308 g/mol. The van der Waals surface area contributed by atoms with Gasteiger partial charge in [0, 0.05) is 18.8 Å². The minimum absolute atomic E-state index is 0.0594. The number of carbonyl (C=O) groups excluding carboxylic acids is 2. The highest BCUT2D eigenvalue weighted by Crippen LogP contribution is 2.29. The van der Waals surface area contributed by atoms with E-state index in [0.717, 1.165) is 30.8 Å². The molecule has 1 aliphatic rings. The molecule has 2 amide bonds. The van der Waals surface area contributed by atoms with Crippen LogP contribution in [0.15, 0.2) is 24.3 Å². The van der Waals surface area contributed by atoms with Crippen LogP contribution in [0.4, 0.5) is 5.69 Å². The van der Waals surface area contributed by atoms with E-state index in [1.54, 1.807) is 0 Å². The first-order valence-electron chi connectivity index (χ1n) is 8.30. The van der Waals surface area contributed by atoms with Crippen molar-refractivity contribution < 1.29 is 9.59 Å². The summed E-state index contributed by atoms with van der Waals surface area (Å²) in [4.78, 5) is 26.1. The van der Waals surface area contributed by atoms with E-state index in [2.05, 4.69) is 12.2 Å². The van der Waals surface area contributed by atoms with Crippen molar-refractivity contribution >= 4 is 29.3 Å². The van der Waals surface area contributed by atoms with Crippen molar-refractivity contribution in [3.8, 4) is 0 Å². The zero-order valence-corrected chi connectivity index (χ0v) is 14.8. The van der Waals surface area contributed by atoms with Crippen molar-refractivity contribution in [3.05, 3.63) is 29.8 Å². The van der Waals surface area contributed by atoms with E-state index in [9.17, 15) is 9.59 Å². The average molecular weight is 334 g/mol. The molecule has 0 heterocycles. The van der Waals surface area contributed by atoms with Crippen LogP contribution in [0.2, 0.25) is 0 Å². The lowest BCUT2D eigenvalue weighted by atomic mass is 10.2. The first-order valence-corrected chi connectivity index (χ1v) is 9.46. The molecule has 1 N–H and O–H groups in total. The van der Waals surface area contributed by atoms with E-state index in [4.69, 9.17) is 0 Å². The predicted octanol–water partition coefficient (Wildman–Crippen LogP) is 3.32. The second-order valence-corrected chi connectivity index (χ2v) is 7.18. The summed E-state index contributed by atoms with van der Waals surface area (Å²) in [5, 5.41) is 2.85. The Hall–Kier alpha value is -1.49. The normalized spacial score (nSPS) is 13.7. The number of hydrogen-bond donors (Lipinski definition) is 1. The standard InChI is InChI=1S/C18H26N2O2S/c1-3-10-20(11-15-6-7-15)18(22)13-23-12-17(21)19-16-8-4-14(2)5-9-16/h4-5,8-9,15H,3,6-7,10-13H2,1-2H3,(H,19,21). The number of hydrogen-bond acceptors (Lipinski definition) is 3. The quantitative estimate of drug-likeness (QED) is 0.754. The van der Waals surface area contributed by atoms with E-state index < -0.39 is 0 Å². The molecule has 23 heavy (non-hydrogen) atoms. The number of anilines is 1. The van der Waals surface area contributed by atoms with Crippen LogP contribution in [0.3, 0.4) is 0 Å². The first-order chi connectivity index (χ1) is 11.1. The van der Waals surface area contributed by atoms with Crippen LogP contribution in [0.5, 0.6) is 0 Å². The summed E-state index contributed by atoms with van der Waals surface area (Å²) >= 11 is 1.39. The third-order valence-electron chi connectivity index (χ3n) is 3.82. The van der Waals surface area contributed by atoms with Gasteiger partial charge in [0.2, 0.25) is 11.8 Å². The van der Waals surface area contributed by atoms with Gasteiger partial charge in [-0.15, -0.1) is 11.8 Å². The van der Waals surface area contributed by atoms with Crippen LogP contribution >= 0.6 is 11.8 Å². The highest BCUT2D eigenvalue weighted by Gasteiger charge is 2.26. The van der Waals surface area contributed by atoms with E-state index in [0.29, 0.717) is 17.4 Å². The molecule has 126 valence electrons. The summed E-state index contributed by atoms with van der Waals surface area (Å²) in [6, 6.07) is 7.71. The smallest absolute Gasteiger partial charge is 0.234 e. The third kappa shape index (κ3) is 6.65. The van der Waals surface area contributed by atoms with E-state index >= 15 is 0 Å². The Morgan fingerprint density at radius 2 is 1.91 bits per heavy atom. The number of nitrogens with one attached hydrogen (secondary N) is 1. The number of benzene rings is 1. The molecule has 1 aliphatic carbocycles. The third-order valence-corrected chi connectivity index (χ3v) is 4.73. The van der Waals surface area contributed by atoms with Gasteiger partial charge in [0.05, 0.1) is 11.5 Å². The summed E-state index contributed by atoms with van der Waals surface area (Å²) in [5.74, 6) is 1.50. The molecule has 4 nitrogen and oxygen atoms in total. The number of rotatable bonds is 9. The topological polar surface area (TPSA) is 49.4 Å². The molecule has 2 rings (SSSR count). The highest BCUT2D eigenvalue weighted by molar-refractivity contribution is 8.00. The molecule has 0 unspecified atom stereocenters. The lowest BCUT2D eigenvalue weighted by molar-refractivity contribution is -0.128. The molecule has 0 spiro atoms. The van der Waals surface area contributed by atoms with Gasteiger partial charge in [-0.25, -0.2) is 0 Å². The van der Waals surface area contributed by atoms with Crippen LogP contribution in [-0.4, -0.2) is 41.3 Å². The Morgan fingerprint density at radius 1 is 1.22 bits per heavy atom. The number of aryl methyl sites for hydroxylation is 1. The van der Waals surface area contributed by atoms with Gasteiger partial charge in [-0.2, -0.15) is 0 Å². The lowest BCUT2D eigenvalue weighted by Gasteiger charge is -2.21. The number of thioether (sulfide) groups is 1. The fourth-order valence-corrected chi connectivity index (χ4v) is 3.07. The number of carbonyl (C=O) groups is 2. The summed E-state index contributed by atoms with van der Waals surface area (Å²) in [7, 11) is 0. The molecule has 0 aliphatic heterocycles. The van der Waals surface area contributed by atoms with Crippen LogP contribution in [0.1, 0.15) is 31.7 Å². The molecule has 1 aromatic rings. The van der Waals surface area contributed by atoms with Gasteiger partial charge < -0.3 is 10.2 Å². The summed E-state index contributed by atoms with van der Waals surface area (Å²) in [6.07, 6.45) is 3.48. The largest absolute Gasteiger partial charge is 0.342 e. The second kappa shape index (κ2) is 8.96. The van der Waals surface area contributed by atoms with Gasteiger partial charge in [-0.3, -0.25) is 9.59 Å². The van der Waals surface area contributed by atoms with Crippen molar-refractivity contribution in [1.29, 1.82) is 0 Å². The van der Waals surface area contributed by atoms with E-state index in [1.807, 2.05) is 36.1 Å². The molecule has 0 saturated heterocycles. The fourth-order valence-electron chi connectivity index (χ4n) is 2.36. The van der Waals surface area contributed by atoms with Crippen LogP contribution in [-0.2, 0) is 9.59 Å². The fraction of sp³-hybridized carbons (Fsp3) is 0.556. The minimum atomic E-state index is -0.0594. The van der Waals surface area contributed by atoms with Crippen LogP contribution in [0.25, 0.3) is 0 Å². The second-order valence-electron chi connectivity index (χ2n) is 6.19. The maximum atomic E-state index is 12.2. The van der Waals surface area contributed by atoms with Crippen molar-refractivity contribution in [1.82, 2.24) is 4.90 Å². The van der Waals surface area contributed by atoms with Crippen molar-refractivity contribution in [2.24, 2.45) is 5.92 Å². The number of amides is 2. The Morgan fingerprint density at radius 3 is 2.52 bits per heavy atom. The highest BCUT2D eigenvalue weighted by atomic mass is 32.2. The van der Waals surface area contributed by atoms with Gasteiger partial charge in [0.1, 0.15) is 0 Å². The summed E-state index contributed by atoms with van der Waals surface area (Å²) in [5.41, 5.74) is 1.96. The van der Waals surface area contributed by atoms with Crippen LogP contribution in [0, 0.1) is 12.8 Å². The molecule has 1 aromatic carbocycles. The Balaban J connectivity index is 1.68. The Kier molecular flexibility index (Phi) is 6.96. The lowest BCUT2D eigenvalue weighted by Crippen LogP contribution is -2.35. The maximum absolute atomic E-state index is 12.2. The SMILES string of the molecule is CCCN(CC1CC1)C(=O)CSCC(=O)Nc1ccc(C)cc1. The van der Waals surface area contributed by atoms with Crippen molar-refractivity contribution in [2.45, 2.75) is 33.1 Å². The molecule has 0 aromatic heterocycles. The van der Waals surface area contributed by atoms with E-state index in [-0.39, 0.29) is 11.8 Å². The molecular formula is C18H26N2O2S. The van der Waals surface area contributed by atoms with Gasteiger partial charge >= 0.3 is 0 Å².